The number of rotatable bonds is 7. The van der Waals surface area contributed by atoms with Gasteiger partial charge in [-0.2, -0.15) is 0 Å². The summed E-state index contributed by atoms with van der Waals surface area (Å²) in [4.78, 5) is 21.2. The molecule has 0 amide bonds. The van der Waals surface area contributed by atoms with Gasteiger partial charge in [-0.05, 0) is 54.8 Å². The van der Waals surface area contributed by atoms with Crippen LogP contribution < -0.4 is 15.4 Å². The average Bonchev–Trinajstić information content (AvgIpc) is 2.96. The molecule has 0 saturated carbocycles. The van der Waals surface area contributed by atoms with Gasteiger partial charge in [0.1, 0.15) is 22.9 Å². The van der Waals surface area contributed by atoms with Crippen LogP contribution in [0.2, 0.25) is 10.0 Å². The fourth-order valence-electron chi connectivity index (χ4n) is 5.19. The number of pyridine rings is 1. The zero-order valence-corrected chi connectivity index (χ0v) is 25.0. The maximum absolute atomic E-state index is 12.4. The fourth-order valence-corrected chi connectivity index (χ4v) is 5.47. The number of nitrogen functional groups attached to an aromatic ring is 1. The number of benzene rings is 2. The predicted molar refractivity (Wildman–Crippen MR) is 163 cm³/mol. The summed E-state index contributed by atoms with van der Waals surface area (Å²) in [6, 6.07) is 15.2. The van der Waals surface area contributed by atoms with E-state index in [-0.39, 0.29) is 16.4 Å². The summed E-state index contributed by atoms with van der Waals surface area (Å²) < 4.78 is 17.2. The molecule has 3 heterocycles. The van der Waals surface area contributed by atoms with E-state index in [0.29, 0.717) is 23.7 Å². The zero-order chi connectivity index (χ0) is 29.1. The lowest BCUT2D eigenvalue weighted by atomic mass is 9.87. The van der Waals surface area contributed by atoms with Crippen molar-refractivity contribution >= 4 is 46.2 Å². The summed E-state index contributed by atoms with van der Waals surface area (Å²) in [5, 5.41) is 1.01. The van der Waals surface area contributed by atoms with Gasteiger partial charge in [0, 0.05) is 62.0 Å². The molecule has 0 atom stereocenters. The summed E-state index contributed by atoms with van der Waals surface area (Å²) in [5.41, 5.74) is 10.6. The first-order chi connectivity index (χ1) is 19.6. The number of anilines is 2. The van der Waals surface area contributed by atoms with E-state index in [1.165, 1.54) is 30.0 Å². The Kier molecular flexibility index (Phi) is 8.75. The van der Waals surface area contributed by atoms with E-state index in [9.17, 15) is 4.79 Å². The van der Waals surface area contributed by atoms with Crippen LogP contribution in [0.15, 0.2) is 60.3 Å². The standard InChI is InChI=1S/C31H34Cl2N4O4/c1-31(2)16-26(20-4-6-22(32)7-5-20)21(19-40-31)18-36-10-12-37(13-11-36)23-8-9-25(30(38)39-3)28(14-23)41-24-15-27(33)29(34)35-17-24/h4-9,14-15,17H,10-13,16,18-19H2,1-3H3,(H2,34,35). The van der Waals surface area contributed by atoms with Gasteiger partial charge in [0.2, 0.25) is 0 Å². The van der Waals surface area contributed by atoms with Crippen molar-refractivity contribution in [3.8, 4) is 11.5 Å². The van der Waals surface area contributed by atoms with Gasteiger partial charge in [0.25, 0.3) is 0 Å². The SMILES string of the molecule is COC(=O)c1ccc(N2CCN(CC3=C(c4ccc(Cl)cc4)CC(C)(C)OC3)CC2)cc1Oc1cnc(N)c(Cl)c1. The molecule has 1 aromatic heterocycles. The summed E-state index contributed by atoms with van der Waals surface area (Å²) in [7, 11) is 1.34. The first kappa shape index (κ1) is 29.2. The van der Waals surface area contributed by atoms with Crippen molar-refractivity contribution in [1.82, 2.24) is 9.88 Å². The largest absolute Gasteiger partial charge is 0.465 e. The van der Waals surface area contributed by atoms with Crippen molar-refractivity contribution in [2.24, 2.45) is 0 Å². The molecule has 0 bridgehead atoms. The number of hydrogen-bond acceptors (Lipinski definition) is 8. The molecule has 0 aliphatic carbocycles. The molecule has 10 heteroatoms. The van der Waals surface area contributed by atoms with Crippen LogP contribution in [0, 0.1) is 0 Å². The van der Waals surface area contributed by atoms with Crippen LogP contribution in [0.25, 0.3) is 5.57 Å². The molecule has 41 heavy (non-hydrogen) atoms. The zero-order valence-electron chi connectivity index (χ0n) is 23.5. The van der Waals surface area contributed by atoms with Gasteiger partial charge in [-0.1, -0.05) is 35.3 Å². The number of halogens is 2. The number of esters is 1. The van der Waals surface area contributed by atoms with Crippen LogP contribution in [0.4, 0.5) is 11.5 Å². The van der Waals surface area contributed by atoms with Gasteiger partial charge >= 0.3 is 5.97 Å². The second-order valence-corrected chi connectivity index (χ2v) is 11.7. The average molecular weight is 598 g/mol. The van der Waals surface area contributed by atoms with E-state index in [0.717, 1.165) is 49.9 Å². The Hall–Kier alpha value is -3.30. The number of ether oxygens (including phenoxy) is 3. The highest BCUT2D eigenvalue weighted by Gasteiger charge is 2.30. The van der Waals surface area contributed by atoms with Crippen molar-refractivity contribution in [3.05, 3.63) is 81.5 Å². The van der Waals surface area contributed by atoms with E-state index >= 15 is 0 Å². The Morgan fingerprint density at radius 2 is 1.80 bits per heavy atom. The van der Waals surface area contributed by atoms with E-state index < -0.39 is 5.97 Å². The number of aromatic nitrogens is 1. The van der Waals surface area contributed by atoms with Crippen molar-refractivity contribution in [2.75, 3.05) is 57.1 Å². The molecule has 2 N–H and O–H groups in total. The number of hydrogen-bond donors (Lipinski definition) is 1. The first-order valence-corrected chi connectivity index (χ1v) is 14.3. The molecule has 2 aliphatic heterocycles. The number of piperazine rings is 1. The molecule has 3 aromatic rings. The van der Waals surface area contributed by atoms with Crippen LogP contribution >= 0.6 is 23.2 Å². The van der Waals surface area contributed by atoms with Gasteiger partial charge in [0.05, 0.1) is 30.5 Å². The number of nitrogens with zero attached hydrogens (tertiary/aromatic N) is 3. The molecular formula is C31H34Cl2N4O4. The predicted octanol–water partition coefficient (Wildman–Crippen LogP) is 6.32. The minimum absolute atomic E-state index is 0.207. The second-order valence-electron chi connectivity index (χ2n) is 10.9. The lowest BCUT2D eigenvalue weighted by Crippen LogP contribution is -2.47. The number of carbonyl (C=O) groups is 1. The van der Waals surface area contributed by atoms with Crippen molar-refractivity contribution in [3.63, 3.8) is 0 Å². The second kappa shape index (κ2) is 12.3. The Bertz CT molecular complexity index is 1450. The van der Waals surface area contributed by atoms with Gasteiger partial charge < -0.3 is 24.8 Å². The van der Waals surface area contributed by atoms with Crippen LogP contribution in [0.5, 0.6) is 11.5 Å². The van der Waals surface area contributed by atoms with E-state index in [4.69, 9.17) is 43.1 Å². The highest BCUT2D eigenvalue weighted by atomic mass is 35.5. The molecule has 2 aliphatic rings. The highest BCUT2D eigenvalue weighted by molar-refractivity contribution is 6.32. The maximum atomic E-state index is 12.4. The smallest absolute Gasteiger partial charge is 0.341 e. The highest BCUT2D eigenvalue weighted by Crippen LogP contribution is 2.36. The van der Waals surface area contributed by atoms with E-state index in [1.54, 1.807) is 12.1 Å². The van der Waals surface area contributed by atoms with Crippen molar-refractivity contribution in [2.45, 2.75) is 25.9 Å². The summed E-state index contributed by atoms with van der Waals surface area (Å²) in [6.07, 6.45) is 2.32. The molecular weight excluding hydrogens is 563 g/mol. The lowest BCUT2D eigenvalue weighted by Gasteiger charge is -2.39. The topological polar surface area (TPSA) is 90.2 Å². The van der Waals surface area contributed by atoms with Crippen LogP contribution in [0.3, 0.4) is 0 Å². The summed E-state index contributed by atoms with van der Waals surface area (Å²) in [6.45, 7) is 9.15. The Labute approximate surface area is 250 Å². The molecule has 8 nitrogen and oxygen atoms in total. The van der Waals surface area contributed by atoms with Gasteiger partial charge in [-0.15, -0.1) is 0 Å². The van der Waals surface area contributed by atoms with Crippen molar-refractivity contribution < 1.29 is 19.0 Å². The Balaban J connectivity index is 1.31. The lowest BCUT2D eigenvalue weighted by molar-refractivity contribution is -0.0101. The van der Waals surface area contributed by atoms with Crippen LogP contribution in [0.1, 0.15) is 36.2 Å². The van der Waals surface area contributed by atoms with Crippen molar-refractivity contribution in [1.29, 1.82) is 0 Å². The quantitative estimate of drug-likeness (QED) is 0.317. The third-order valence-electron chi connectivity index (χ3n) is 7.45. The van der Waals surface area contributed by atoms with Gasteiger partial charge in [-0.3, -0.25) is 4.90 Å². The number of methoxy groups -OCH3 is 1. The number of carbonyl (C=O) groups excluding carboxylic acids is 1. The molecule has 0 unspecified atom stereocenters. The van der Waals surface area contributed by atoms with Gasteiger partial charge in [-0.25, -0.2) is 9.78 Å². The summed E-state index contributed by atoms with van der Waals surface area (Å²) >= 11 is 12.3. The number of nitrogens with two attached hydrogens (primary N) is 1. The molecule has 2 aromatic carbocycles. The summed E-state index contributed by atoms with van der Waals surface area (Å²) in [5.74, 6) is 0.449. The minimum Gasteiger partial charge on any atom is -0.465 e. The molecule has 0 spiro atoms. The maximum Gasteiger partial charge on any atom is 0.341 e. The van der Waals surface area contributed by atoms with Crippen LogP contribution in [-0.2, 0) is 9.47 Å². The monoisotopic (exact) mass is 596 g/mol. The third kappa shape index (κ3) is 6.96. The van der Waals surface area contributed by atoms with Gasteiger partial charge in [0.15, 0.2) is 0 Å². The minimum atomic E-state index is -0.492. The van der Waals surface area contributed by atoms with E-state index in [2.05, 4.69) is 40.8 Å². The Morgan fingerprint density at radius 3 is 2.49 bits per heavy atom. The normalized spacial score (nSPS) is 17.4. The molecule has 0 radical (unpaired) electrons. The molecule has 216 valence electrons. The first-order valence-electron chi connectivity index (χ1n) is 13.5. The fraction of sp³-hybridized carbons (Fsp3) is 0.355. The van der Waals surface area contributed by atoms with E-state index in [1.807, 2.05) is 24.3 Å². The molecule has 1 saturated heterocycles. The molecule has 1 fully saturated rings. The molecule has 5 rings (SSSR count). The third-order valence-corrected chi connectivity index (χ3v) is 8.01. The Morgan fingerprint density at radius 1 is 1.07 bits per heavy atom. The van der Waals surface area contributed by atoms with Crippen LogP contribution in [-0.4, -0.2) is 67.9 Å².